The summed E-state index contributed by atoms with van der Waals surface area (Å²) in [5, 5.41) is 15.3. The lowest BCUT2D eigenvalue weighted by Crippen LogP contribution is -2.40. The van der Waals surface area contributed by atoms with Gasteiger partial charge in [0.05, 0.1) is 16.5 Å². The molecule has 3 N–H and O–H groups in total. The molecule has 0 saturated heterocycles. The van der Waals surface area contributed by atoms with Crippen molar-refractivity contribution < 1.29 is 14.7 Å². The van der Waals surface area contributed by atoms with Crippen molar-refractivity contribution in [2.24, 2.45) is 0 Å². The molecule has 1 aromatic heterocycles. The van der Waals surface area contributed by atoms with Gasteiger partial charge in [-0.1, -0.05) is 0 Å². The number of amides is 2. The molecule has 0 aliphatic heterocycles. The number of carbonyl (C=O) groups excluding carboxylic acids is 2. The van der Waals surface area contributed by atoms with E-state index >= 15 is 0 Å². The van der Waals surface area contributed by atoms with Crippen LogP contribution in [0.5, 0.6) is 0 Å². The summed E-state index contributed by atoms with van der Waals surface area (Å²) >= 11 is 2.74. The molecular weight excluding hydrogens is 284 g/mol. The second-order valence-corrected chi connectivity index (χ2v) is 6.22. The molecule has 0 fully saturated rings. The van der Waals surface area contributed by atoms with Gasteiger partial charge in [0, 0.05) is 18.2 Å². The maximum absolute atomic E-state index is 12.0. The largest absolute Gasteiger partial charge is 0.395 e. The van der Waals surface area contributed by atoms with Gasteiger partial charge < -0.3 is 15.7 Å². The summed E-state index contributed by atoms with van der Waals surface area (Å²) in [5.74, 6) is -0.355. The standard InChI is InChI=1S/C12H18N2O3S2/c1-7(10(6-15)18-3)13-12(17)9-4-5-11(19-9)14-8(2)16/h4-5,7,10,15H,6H2,1-3H3,(H,13,17)(H,14,16). The molecular formula is C12H18N2O3S2. The van der Waals surface area contributed by atoms with Gasteiger partial charge in [-0.2, -0.15) is 11.8 Å². The number of hydrogen-bond acceptors (Lipinski definition) is 5. The molecule has 106 valence electrons. The maximum atomic E-state index is 12.0. The Morgan fingerprint density at radius 1 is 1.47 bits per heavy atom. The smallest absolute Gasteiger partial charge is 0.261 e. The Labute approximate surface area is 120 Å². The maximum Gasteiger partial charge on any atom is 0.261 e. The molecule has 0 aliphatic carbocycles. The number of rotatable bonds is 6. The molecule has 7 heteroatoms. The lowest BCUT2D eigenvalue weighted by Gasteiger charge is -2.20. The number of aliphatic hydroxyl groups excluding tert-OH is 1. The molecule has 0 bridgehead atoms. The van der Waals surface area contributed by atoms with Crippen molar-refractivity contribution in [1.82, 2.24) is 5.32 Å². The first-order valence-electron chi connectivity index (χ1n) is 5.79. The molecule has 5 nitrogen and oxygen atoms in total. The predicted molar refractivity (Wildman–Crippen MR) is 79.9 cm³/mol. The highest BCUT2D eigenvalue weighted by Crippen LogP contribution is 2.22. The van der Waals surface area contributed by atoms with E-state index in [4.69, 9.17) is 5.11 Å². The lowest BCUT2D eigenvalue weighted by molar-refractivity contribution is -0.114. The fraction of sp³-hybridized carbons (Fsp3) is 0.500. The van der Waals surface area contributed by atoms with Gasteiger partial charge in [-0.3, -0.25) is 9.59 Å². The second-order valence-electron chi connectivity index (χ2n) is 4.06. The van der Waals surface area contributed by atoms with Crippen LogP contribution in [-0.2, 0) is 4.79 Å². The Morgan fingerprint density at radius 2 is 2.16 bits per heavy atom. The van der Waals surface area contributed by atoms with E-state index in [1.165, 1.54) is 30.0 Å². The minimum absolute atomic E-state index is 0.0181. The van der Waals surface area contributed by atoms with E-state index in [1.54, 1.807) is 12.1 Å². The van der Waals surface area contributed by atoms with E-state index in [0.29, 0.717) is 9.88 Å². The highest BCUT2D eigenvalue weighted by molar-refractivity contribution is 7.99. The summed E-state index contributed by atoms with van der Waals surface area (Å²) in [4.78, 5) is 23.4. The molecule has 2 unspecified atom stereocenters. The third kappa shape index (κ3) is 4.85. The summed E-state index contributed by atoms with van der Waals surface area (Å²) in [6.07, 6.45) is 1.89. The SMILES string of the molecule is CSC(CO)C(C)NC(=O)c1ccc(NC(C)=O)s1. The van der Waals surface area contributed by atoms with Crippen molar-refractivity contribution in [3.63, 3.8) is 0 Å². The molecule has 1 aromatic rings. The fourth-order valence-corrected chi connectivity index (χ4v) is 2.99. The van der Waals surface area contributed by atoms with E-state index in [0.717, 1.165) is 0 Å². The summed E-state index contributed by atoms with van der Waals surface area (Å²) in [6, 6.07) is 3.24. The monoisotopic (exact) mass is 302 g/mol. The number of aliphatic hydroxyl groups is 1. The molecule has 0 radical (unpaired) electrons. The number of thiophene rings is 1. The van der Waals surface area contributed by atoms with Gasteiger partial charge in [-0.05, 0) is 25.3 Å². The minimum Gasteiger partial charge on any atom is -0.395 e. The summed E-state index contributed by atoms with van der Waals surface area (Å²) in [5.41, 5.74) is 0. The Kier molecular flexibility index (Phi) is 6.33. The summed E-state index contributed by atoms with van der Waals surface area (Å²) in [6.45, 7) is 3.30. The summed E-state index contributed by atoms with van der Waals surface area (Å²) < 4.78 is 0. The molecule has 2 atom stereocenters. The van der Waals surface area contributed by atoms with Gasteiger partial charge in [-0.25, -0.2) is 0 Å². The van der Waals surface area contributed by atoms with Crippen molar-refractivity contribution in [3.05, 3.63) is 17.0 Å². The topological polar surface area (TPSA) is 78.4 Å². The van der Waals surface area contributed by atoms with E-state index in [9.17, 15) is 9.59 Å². The molecule has 0 spiro atoms. The van der Waals surface area contributed by atoms with Crippen LogP contribution in [0.15, 0.2) is 12.1 Å². The number of thioether (sulfide) groups is 1. The van der Waals surface area contributed by atoms with Crippen molar-refractivity contribution in [2.45, 2.75) is 25.1 Å². The van der Waals surface area contributed by atoms with Gasteiger partial charge in [0.25, 0.3) is 5.91 Å². The fourth-order valence-electron chi connectivity index (χ4n) is 1.51. The normalized spacial score (nSPS) is 13.7. The molecule has 2 amide bonds. The molecule has 0 saturated carbocycles. The Morgan fingerprint density at radius 3 is 2.68 bits per heavy atom. The second kappa shape index (κ2) is 7.52. The minimum atomic E-state index is -0.193. The van der Waals surface area contributed by atoms with Gasteiger partial charge in [0.15, 0.2) is 0 Å². The van der Waals surface area contributed by atoms with Crippen LogP contribution < -0.4 is 10.6 Å². The van der Waals surface area contributed by atoms with E-state index < -0.39 is 0 Å². The van der Waals surface area contributed by atoms with Crippen LogP contribution in [-0.4, -0.2) is 41.1 Å². The molecule has 19 heavy (non-hydrogen) atoms. The molecule has 0 aromatic carbocycles. The van der Waals surface area contributed by atoms with Crippen LogP contribution in [0.2, 0.25) is 0 Å². The Hall–Kier alpha value is -1.05. The zero-order chi connectivity index (χ0) is 14.4. The van der Waals surface area contributed by atoms with Crippen LogP contribution >= 0.6 is 23.1 Å². The van der Waals surface area contributed by atoms with Crippen LogP contribution in [0.25, 0.3) is 0 Å². The number of hydrogen-bond donors (Lipinski definition) is 3. The van der Waals surface area contributed by atoms with Crippen molar-refractivity contribution in [2.75, 3.05) is 18.2 Å². The van der Waals surface area contributed by atoms with Crippen LogP contribution in [0.4, 0.5) is 5.00 Å². The van der Waals surface area contributed by atoms with Gasteiger partial charge in [0.2, 0.25) is 5.91 Å². The van der Waals surface area contributed by atoms with E-state index in [1.807, 2.05) is 13.2 Å². The van der Waals surface area contributed by atoms with Crippen molar-refractivity contribution in [1.29, 1.82) is 0 Å². The first-order chi connectivity index (χ1) is 8.97. The van der Waals surface area contributed by atoms with Gasteiger partial charge in [-0.15, -0.1) is 11.3 Å². The third-order valence-corrected chi connectivity index (χ3v) is 4.69. The Balaban J connectivity index is 2.62. The average Bonchev–Trinajstić information content (AvgIpc) is 2.78. The van der Waals surface area contributed by atoms with Crippen LogP contribution in [0.1, 0.15) is 23.5 Å². The van der Waals surface area contributed by atoms with Crippen molar-refractivity contribution >= 4 is 39.9 Å². The zero-order valence-corrected chi connectivity index (χ0v) is 12.7. The molecule has 1 rings (SSSR count). The van der Waals surface area contributed by atoms with Gasteiger partial charge >= 0.3 is 0 Å². The Bertz CT molecular complexity index is 444. The van der Waals surface area contributed by atoms with E-state index in [2.05, 4.69) is 10.6 Å². The number of nitrogens with one attached hydrogen (secondary N) is 2. The average molecular weight is 302 g/mol. The highest BCUT2D eigenvalue weighted by atomic mass is 32.2. The first kappa shape index (κ1) is 16.0. The lowest BCUT2D eigenvalue weighted by atomic mass is 10.2. The quantitative estimate of drug-likeness (QED) is 0.745. The highest BCUT2D eigenvalue weighted by Gasteiger charge is 2.19. The molecule has 0 aliphatic rings. The first-order valence-corrected chi connectivity index (χ1v) is 7.90. The zero-order valence-electron chi connectivity index (χ0n) is 11.1. The molecule has 1 heterocycles. The predicted octanol–water partition coefficient (Wildman–Crippen LogP) is 1.55. The third-order valence-electron chi connectivity index (χ3n) is 2.53. The van der Waals surface area contributed by atoms with Crippen molar-refractivity contribution in [3.8, 4) is 0 Å². The summed E-state index contributed by atoms with van der Waals surface area (Å²) in [7, 11) is 0. The van der Waals surface area contributed by atoms with Gasteiger partial charge in [0.1, 0.15) is 0 Å². The van der Waals surface area contributed by atoms with E-state index in [-0.39, 0.29) is 29.7 Å². The van der Waals surface area contributed by atoms with Crippen LogP contribution in [0, 0.1) is 0 Å². The number of carbonyl (C=O) groups is 2. The van der Waals surface area contributed by atoms with Crippen LogP contribution in [0.3, 0.4) is 0 Å². The number of anilines is 1.